The highest BCUT2D eigenvalue weighted by molar-refractivity contribution is 7.11. The van der Waals surface area contributed by atoms with E-state index < -0.39 is 12.6 Å². The van der Waals surface area contributed by atoms with E-state index in [1.165, 1.54) is 23.4 Å². The quantitative estimate of drug-likeness (QED) is 0.832. The second kappa shape index (κ2) is 6.56. The number of hydrogen-bond donors (Lipinski definition) is 0. The molecule has 3 rings (SSSR count). The molecule has 0 atom stereocenters. The maximum absolute atomic E-state index is 12.3. The molecule has 0 saturated carbocycles. The van der Waals surface area contributed by atoms with E-state index in [1.807, 2.05) is 11.9 Å². The Morgan fingerprint density at radius 3 is 2.70 bits per heavy atom. The minimum absolute atomic E-state index is 0.188. The lowest BCUT2D eigenvalue weighted by atomic mass is 10.0. The first-order chi connectivity index (χ1) is 10.9. The van der Waals surface area contributed by atoms with Crippen molar-refractivity contribution in [3.05, 3.63) is 27.3 Å². The Morgan fingerprint density at radius 1 is 1.17 bits per heavy atom. The van der Waals surface area contributed by atoms with Gasteiger partial charge in [-0.05, 0) is 32.7 Å². The van der Waals surface area contributed by atoms with Crippen molar-refractivity contribution in [3.8, 4) is 0 Å². The van der Waals surface area contributed by atoms with E-state index in [1.54, 1.807) is 11.3 Å². The zero-order chi connectivity index (χ0) is 16.4. The van der Waals surface area contributed by atoms with Crippen LogP contribution in [0.3, 0.4) is 0 Å². The second-order valence-corrected chi connectivity index (χ2v) is 6.92. The molecule has 2 aromatic heterocycles. The number of fused-ring (bicyclic) bond motifs is 1. The van der Waals surface area contributed by atoms with Crippen LogP contribution in [-0.4, -0.2) is 33.2 Å². The molecule has 0 radical (unpaired) electrons. The molecule has 0 saturated heterocycles. The third-order valence-corrected chi connectivity index (χ3v) is 4.71. The number of nitrogens with zero attached hydrogens (tertiary/aromatic N) is 4. The molecule has 0 amide bonds. The fraction of sp³-hybridized carbons (Fsp3) is 0.643. The number of aryl methyl sites for hydroxylation is 2. The Morgan fingerprint density at radius 2 is 1.96 bits per heavy atom. The molecule has 1 aliphatic carbocycles. The lowest BCUT2D eigenvalue weighted by molar-refractivity contribution is -0.128. The smallest absolute Gasteiger partial charge is 0.338 e. The number of rotatable bonds is 5. The standard InChI is InChI=1S/C14H17F3N4OS/c1-21(7-12-19-11(20-22-12)6-14(15,16)17)8-13-18-9-4-2-3-5-10(9)23-13/h2-8H2,1H3. The molecule has 0 spiro atoms. The maximum atomic E-state index is 12.3. The molecule has 0 fully saturated rings. The highest BCUT2D eigenvalue weighted by Crippen LogP contribution is 2.27. The molecular weight excluding hydrogens is 329 g/mol. The number of thiazole rings is 1. The summed E-state index contributed by atoms with van der Waals surface area (Å²) in [6.07, 6.45) is -0.946. The summed E-state index contributed by atoms with van der Waals surface area (Å²) in [5.74, 6) is -0.140. The Bertz CT molecular complexity index is 644. The lowest BCUT2D eigenvalue weighted by Gasteiger charge is -2.11. The van der Waals surface area contributed by atoms with Crippen LogP contribution in [0.15, 0.2) is 4.52 Å². The van der Waals surface area contributed by atoms with E-state index in [-0.39, 0.29) is 11.7 Å². The van der Waals surface area contributed by atoms with E-state index in [4.69, 9.17) is 4.52 Å². The second-order valence-electron chi connectivity index (χ2n) is 5.75. The van der Waals surface area contributed by atoms with Crippen molar-refractivity contribution in [3.63, 3.8) is 0 Å². The summed E-state index contributed by atoms with van der Waals surface area (Å²) < 4.78 is 41.7. The van der Waals surface area contributed by atoms with Crippen molar-refractivity contribution in [2.24, 2.45) is 0 Å². The first-order valence-corrected chi connectivity index (χ1v) is 8.25. The highest BCUT2D eigenvalue weighted by Gasteiger charge is 2.30. The third-order valence-electron chi connectivity index (χ3n) is 3.57. The van der Waals surface area contributed by atoms with Gasteiger partial charge in [0.15, 0.2) is 5.82 Å². The van der Waals surface area contributed by atoms with Gasteiger partial charge in [0.05, 0.1) is 18.8 Å². The van der Waals surface area contributed by atoms with E-state index in [0.29, 0.717) is 13.1 Å². The van der Waals surface area contributed by atoms with Crippen molar-refractivity contribution in [1.82, 2.24) is 20.0 Å². The summed E-state index contributed by atoms with van der Waals surface area (Å²) in [5, 5.41) is 4.39. The van der Waals surface area contributed by atoms with E-state index in [2.05, 4.69) is 15.1 Å². The van der Waals surface area contributed by atoms with Crippen molar-refractivity contribution in [2.45, 2.75) is 51.4 Å². The molecule has 1 aliphatic rings. The predicted molar refractivity (Wildman–Crippen MR) is 78.0 cm³/mol. The third kappa shape index (κ3) is 4.51. The van der Waals surface area contributed by atoms with Gasteiger partial charge in [-0.15, -0.1) is 11.3 Å². The first kappa shape index (κ1) is 16.4. The zero-order valence-corrected chi connectivity index (χ0v) is 13.5. The molecule has 0 unspecified atom stereocenters. The van der Waals surface area contributed by atoms with Crippen LogP contribution in [0.5, 0.6) is 0 Å². The van der Waals surface area contributed by atoms with Crippen molar-refractivity contribution in [1.29, 1.82) is 0 Å². The van der Waals surface area contributed by atoms with Gasteiger partial charge in [0, 0.05) is 4.88 Å². The minimum atomic E-state index is -4.33. The number of halogens is 3. The largest absolute Gasteiger partial charge is 0.396 e. The first-order valence-electron chi connectivity index (χ1n) is 7.43. The number of aromatic nitrogens is 3. The molecule has 126 valence electrons. The molecule has 0 aliphatic heterocycles. The average molecular weight is 346 g/mol. The molecule has 2 aromatic rings. The lowest BCUT2D eigenvalue weighted by Crippen LogP contribution is -2.17. The molecule has 0 aromatic carbocycles. The Kier molecular flexibility index (Phi) is 4.67. The molecule has 5 nitrogen and oxygen atoms in total. The SMILES string of the molecule is CN(Cc1nc(CC(F)(F)F)no1)Cc1nc2c(s1)CCCC2. The fourth-order valence-corrected chi connectivity index (χ4v) is 3.83. The van der Waals surface area contributed by atoms with Gasteiger partial charge in [0.1, 0.15) is 11.4 Å². The average Bonchev–Trinajstić information content (AvgIpc) is 3.02. The molecular formula is C14H17F3N4OS. The number of hydrogen-bond acceptors (Lipinski definition) is 6. The minimum Gasteiger partial charge on any atom is -0.338 e. The predicted octanol–water partition coefficient (Wildman–Crippen LogP) is 3.14. The van der Waals surface area contributed by atoms with Gasteiger partial charge in [-0.3, -0.25) is 4.90 Å². The Hall–Kier alpha value is -1.48. The summed E-state index contributed by atoms with van der Waals surface area (Å²) in [5.41, 5.74) is 1.20. The van der Waals surface area contributed by atoms with Gasteiger partial charge in [-0.1, -0.05) is 5.16 Å². The van der Waals surface area contributed by atoms with Crippen molar-refractivity contribution in [2.75, 3.05) is 7.05 Å². The van der Waals surface area contributed by atoms with Crippen LogP contribution in [0, 0.1) is 0 Å². The molecule has 0 bridgehead atoms. The molecule has 9 heteroatoms. The normalized spacial score (nSPS) is 15.2. The van der Waals surface area contributed by atoms with Crippen molar-refractivity contribution < 1.29 is 17.7 Å². The summed E-state index contributed by atoms with van der Waals surface area (Å²) >= 11 is 1.72. The zero-order valence-electron chi connectivity index (χ0n) is 12.7. The summed E-state index contributed by atoms with van der Waals surface area (Å²) in [7, 11) is 1.86. The van der Waals surface area contributed by atoms with Gasteiger partial charge in [0.2, 0.25) is 5.89 Å². The topological polar surface area (TPSA) is 55.1 Å². The van der Waals surface area contributed by atoms with E-state index >= 15 is 0 Å². The highest BCUT2D eigenvalue weighted by atomic mass is 32.1. The van der Waals surface area contributed by atoms with Gasteiger partial charge in [-0.2, -0.15) is 18.2 Å². The Labute approximate surface area is 135 Å². The van der Waals surface area contributed by atoms with Crippen molar-refractivity contribution >= 4 is 11.3 Å². The van der Waals surface area contributed by atoms with Crippen LogP contribution >= 0.6 is 11.3 Å². The maximum Gasteiger partial charge on any atom is 0.396 e. The van der Waals surface area contributed by atoms with Gasteiger partial charge >= 0.3 is 6.18 Å². The summed E-state index contributed by atoms with van der Waals surface area (Å²) in [4.78, 5) is 11.7. The van der Waals surface area contributed by atoms with Gasteiger partial charge in [-0.25, -0.2) is 4.98 Å². The van der Waals surface area contributed by atoms with Gasteiger partial charge < -0.3 is 4.52 Å². The van der Waals surface area contributed by atoms with Crippen LogP contribution in [0.4, 0.5) is 13.2 Å². The van der Waals surface area contributed by atoms with Crippen LogP contribution in [0.2, 0.25) is 0 Å². The van der Waals surface area contributed by atoms with Crippen LogP contribution < -0.4 is 0 Å². The molecule has 0 N–H and O–H groups in total. The monoisotopic (exact) mass is 346 g/mol. The fourth-order valence-electron chi connectivity index (χ4n) is 2.60. The van der Waals surface area contributed by atoms with Gasteiger partial charge in [0.25, 0.3) is 0 Å². The van der Waals surface area contributed by atoms with E-state index in [0.717, 1.165) is 17.8 Å². The molecule has 23 heavy (non-hydrogen) atoms. The van der Waals surface area contributed by atoms with E-state index in [9.17, 15) is 13.2 Å². The Balaban J connectivity index is 1.57. The van der Waals surface area contributed by atoms with Crippen LogP contribution in [0.25, 0.3) is 0 Å². The summed E-state index contributed by atoms with van der Waals surface area (Å²) in [6, 6.07) is 0. The van der Waals surface area contributed by atoms with Crippen LogP contribution in [-0.2, 0) is 32.4 Å². The van der Waals surface area contributed by atoms with Crippen LogP contribution in [0.1, 0.15) is 40.1 Å². The molecule has 2 heterocycles. The summed E-state index contributed by atoms with van der Waals surface area (Å²) in [6.45, 7) is 0.920. The number of alkyl halides is 3.